The summed E-state index contributed by atoms with van der Waals surface area (Å²) in [5.41, 5.74) is 0.629. The monoisotopic (exact) mass is 511 g/mol. The smallest absolute Gasteiger partial charge is 0.278 e. The molecule has 6 rings (SSSR count). The zero-order valence-corrected chi connectivity index (χ0v) is 20.2. The van der Waals surface area contributed by atoms with Gasteiger partial charge in [-0.25, -0.2) is 4.39 Å². The number of halogens is 2. The lowest BCUT2D eigenvalue weighted by molar-refractivity contribution is 0.0255. The molecule has 186 valence electrons. The Morgan fingerprint density at radius 2 is 1.94 bits per heavy atom. The maximum Gasteiger partial charge on any atom is 0.278 e. The van der Waals surface area contributed by atoms with Crippen molar-refractivity contribution in [2.24, 2.45) is 0 Å². The molecule has 2 aliphatic heterocycles. The standard InChI is InChI=1S/C26H23F2N3O4S/c1-15-12-36-13-17(15)21-16-4-5-18(27)20(28)24(16)35-11-3-9-26(7-2-8-26)29-14-31(21)30-10-6-19(32)23(33)22(30)25(29)34/h3-6,9-10,12-13,21,33H,2,7-8,11,14H2,1H3/b9-3+. The number of hydrogen-bond acceptors (Lipinski definition) is 6. The molecule has 3 aliphatic rings. The van der Waals surface area contributed by atoms with E-state index in [-0.39, 0.29) is 24.7 Å². The molecule has 3 aromatic rings. The van der Waals surface area contributed by atoms with Gasteiger partial charge in [0.15, 0.2) is 23.0 Å². The van der Waals surface area contributed by atoms with Gasteiger partial charge in [-0.15, -0.1) is 0 Å². The molecule has 4 heterocycles. The highest BCUT2D eigenvalue weighted by molar-refractivity contribution is 7.08. The maximum atomic E-state index is 15.2. The van der Waals surface area contributed by atoms with Crippen LogP contribution in [0.5, 0.6) is 11.5 Å². The lowest BCUT2D eigenvalue weighted by Crippen LogP contribution is -2.64. The van der Waals surface area contributed by atoms with Gasteiger partial charge < -0.3 is 14.7 Å². The number of hydrogen-bond donors (Lipinski definition) is 1. The van der Waals surface area contributed by atoms with E-state index in [1.807, 2.05) is 23.8 Å². The fraction of sp³-hybridized carbons (Fsp3) is 0.308. The number of fused-ring (bicyclic) bond motifs is 6. The summed E-state index contributed by atoms with van der Waals surface area (Å²) in [5, 5.41) is 16.4. The second-order valence-electron chi connectivity index (χ2n) is 9.40. The van der Waals surface area contributed by atoms with E-state index in [0.717, 1.165) is 23.6 Å². The number of amides is 1. The van der Waals surface area contributed by atoms with E-state index in [4.69, 9.17) is 4.74 Å². The van der Waals surface area contributed by atoms with Gasteiger partial charge in [0.25, 0.3) is 5.91 Å². The summed E-state index contributed by atoms with van der Waals surface area (Å²) in [6.45, 7) is 2.00. The number of nitrogens with zero attached hydrogens (tertiary/aromatic N) is 3. The van der Waals surface area contributed by atoms with Crippen LogP contribution in [0, 0.1) is 18.6 Å². The first-order valence-electron chi connectivity index (χ1n) is 11.7. The summed E-state index contributed by atoms with van der Waals surface area (Å²) in [7, 11) is 0. The van der Waals surface area contributed by atoms with E-state index in [9.17, 15) is 19.1 Å². The largest absolute Gasteiger partial charge is 0.502 e. The first-order chi connectivity index (χ1) is 17.3. The molecule has 1 amide bonds. The molecule has 0 saturated heterocycles. The summed E-state index contributed by atoms with van der Waals surface area (Å²) in [6.07, 6.45) is 7.30. The second-order valence-corrected chi connectivity index (χ2v) is 10.1. The van der Waals surface area contributed by atoms with Crippen molar-refractivity contribution in [3.63, 3.8) is 0 Å². The van der Waals surface area contributed by atoms with Gasteiger partial charge in [-0.1, -0.05) is 6.08 Å². The molecule has 1 aromatic carbocycles. The fourth-order valence-corrected chi connectivity index (χ4v) is 6.27. The Bertz CT molecular complexity index is 1480. The van der Waals surface area contributed by atoms with Crippen molar-refractivity contribution in [3.8, 4) is 11.5 Å². The number of carbonyl (C=O) groups excluding carboxylic acids is 1. The molecule has 1 unspecified atom stereocenters. The predicted molar refractivity (Wildman–Crippen MR) is 130 cm³/mol. The predicted octanol–water partition coefficient (Wildman–Crippen LogP) is 4.21. The van der Waals surface area contributed by atoms with E-state index in [1.54, 1.807) is 16.0 Å². The summed E-state index contributed by atoms with van der Waals surface area (Å²) in [4.78, 5) is 27.8. The van der Waals surface area contributed by atoms with Crippen molar-refractivity contribution in [3.05, 3.63) is 91.6 Å². The number of rotatable bonds is 1. The minimum absolute atomic E-state index is 0.0114. The topological polar surface area (TPSA) is 75.0 Å². The van der Waals surface area contributed by atoms with Crippen LogP contribution in [0.4, 0.5) is 8.78 Å². The van der Waals surface area contributed by atoms with Crippen molar-refractivity contribution in [2.75, 3.05) is 18.3 Å². The average molecular weight is 512 g/mol. The molecule has 1 spiro atoms. The highest BCUT2D eigenvalue weighted by atomic mass is 32.1. The van der Waals surface area contributed by atoms with E-state index < -0.39 is 40.3 Å². The second kappa shape index (κ2) is 8.19. The van der Waals surface area contributed by atoms with E-state index in [0.29, 0.717) is 18.4 Å². The zero-order chi connectivity index (χ0) is 25.2. The van der Waals surface area contributed by atoms with Crippen LogP contribution in [-0.2, 0) is 0 Å². The summed E-state index contributed by atoms with van der Waals surface area (Å²) >= 11 is 1.46. The van der Waals surface area contributed by atoms with Crippen molar-refractivity contribution in [1.82, 2.24) is 9.58 Å². The number of ether oxygens (including phenoxy) is 1. The Morgan fingerprint density at radius 3 is 2.64 bits per heavy atom. The Morgan fingerprint density at radius 1 is 1.14 bits per heavy atom. The number of benzene rings is 1. The van der Waals surface area contributed by atoms with Gasteiger partial charge in [0.1, 0.15) is 19.3 Å². The van der Waals surface area contributed by atoms with Crippen LogP contribution >= 0.6 is 11.3 Å². The minimum atomic E-state index is -1.09. The van der Waals surface area contributed by atoms with Gasteiger partial charge in [-0.05, 0) is 66.3 Å². The molecule has 1 atom stereocenters. The first kappa shape index (κ1) is 22.8. The number of thiophene rings is 1. The Balaban J connectivity index is 1.68. The Labute approximate surface area is 209 Å². The first-order valence-corrected chi connectivity index (χ1v) is 12.6. The lowest BCUT2D eigenvalue weighted by Gasteiger charge is -2.53. The molecule has 2 aromatic heterocycles. The summed E-state index contributed by atoms with van der Waals surface area (Å²) in [5.74, 6) is -3.44. The molecule has 7 nitrogen and oxygen atoms in total. The SMILES string of the molecule is Cc1cscc1C1c2ccc(F)c(F)c2OC/C=C/C2(CCC2)N2CN1n1ccc(=O)c(O)c1C2=O. The fourth-order valence-electron chi connectivity index (χ4n) is 5.40. The number of carbonyl (C=O) groups is 1. The molecule has 2 bridgehead atoms. The Hall–Kier alpha value is -3.66. The molecule has 36 heavy (non-hydrogen) atoms. The normalized spacial score (nSPS) is 21.2. The number of aromatic nitrogens is 1. The highest BCUT2D eigenvalue weighted by Gasteiger charge is 2.49. The van der Waals surface area contributed by atoms with E-state index >= 15 is 4.39 Å². The molecule has 1 N–H and O–H groups in total. The average Bonchev–Trinajstić information content (AvgIpc) is 3.24. The van der Waals surface area contributed by atoms with Crippen molar-refractivity contribution < 1.29 is 23.4 Å². The summed E-state index contributed by atoms with van der Waals surface area (Å²) < 4.78 is 36.8. The maximum absolute atomic E-state index is 15.2. The number of pyridine rings is 1. The van der Waals surface area contributed by atoms with Gasteiger partial charge in [-0.3, -0.25) is 19.3 Å². The van der Waals surface area contributed by atoms with Gasteiger partial charge >= 0.3 is 0 Å². The van der Waals surface area contributed by atoms with Crippen LogP contribution in [-0.4, -0.2) is 39.4 Å². The molecule has 0 radical (unpaired) electrons. The van der Waals surface area contributed by atoms with Crippen molar-refractivity contribution in [1.29, 1.82) is 0 Å². The number of aryl methyl sites for hydroxylation is 1. The third kappa shape index (κ3) is 3.20. The molecule has 1 fully saturated rings. The van der Waals surface area contributed by atoms with Gasteiger partial charge in [0.05, 0.1) is 5.54 Å². The summed E-state index contributed by atoms with van der Waals surface area (Å²) in [6, 6.07) is 3.02. The molecule has 1 saturated carbocycles. The van der Waals surface area contributed by atoms with Crippen molar-refractivity contribution >= 4 is 17.2 Å². The van der Waals surface area contributed by atoms with Crippen LogP contribution in [0.2, 0.25) is 0 Å². The molecular formula is C26H23F2N3O4S. The quantitative estimate of drug-likeness (QED) is 0.496. The number of aromatic hydroxyl groups is 1. The van der Waals surface area contributed by atoms with Crippen LogP contribution in [0.3, 0.4) is 0 Å². The van der Waals surface area contributed by atoms with Crippen LogP contribution < -0.4 is 15.2 Å². The highest BCUT2D eigenvalue weighted by Crippen LogP contribution is 2.45. The molecular weight excluding hydrogens is 488 g/mol. The van der Waals surface area contributed by atoms with Gasteiger partial charge in [0.2, 0.25) is 11.2 Å². The van der Waals surface area contributed by atoms with E-state index in [2.05, 4.69) is 0 Å². The third-order valence-electron chi connectivity index (χ3n) is 7.44. The van der Waals surface area contributed by atoms with Crippen LogP contribution in [0.25, 0.3) is 0 Å². The minimum Gasteiger partial charge on any atom is -0.502 e. The lowest BCUT2D eigenvalue weighted by atomic mass is 9.74. The van der Waals surface area contributed by atoms with Gasteiger partial charge in [0, 0.05) is 17.8 Å². The molecule has 1 aliphatic carbocycles. The van der Waals surface area contributed by atoms with Crippen LogP contribution in [0.1, 0.15) is 52.5 Å². The Kier molecular flexibility index (Phi) is 5.18. The van der Waals surface area contributed by atoms with Crippen molar-refractivity contribution in [2.45, 2.75) is 37.8 Å². The van der Waals surface area contributed by atoms with E-state index in [1.165, 1.54) is 34.3 Å². The van der Waals surface area contributed by atoms with Crippen LogP contribution in [0.15, 0.2) is 52.1 Å². The molecule has 10 heteroatoms. The third-order valence-corrected chi connectivity index (χ3v) is 8.32. The zero-order valence-electron chi connectivity index (χ0n) is 19.4. The van der Waals surface area contributed by atoms with Gasteiger partial charge in [-0.2, -0.15) is 15.7 Å².